The zero-order chi connectivity index (χ0) is 11.1. The van der Waals surface area contributed by atoms with Gasteiger partial charge in [0.1, 0.15) is 11.6 Å². The first-order valence-electron chi connectivity index (χ1n) is 5.93. The van der Waals surface area contributed by atoms with Crippen molar-refractivity contribution in [1.82, 2.24) is 0 Å². The summed E-state index contributed by atoms with van der Waals surface area (Å²) in [5.74, 6) is 0.522. The van der Waals surface area contributed by atoms with E-state index in [2.05, 4.69) is 5.32 Å². The Kier molecular flexibility index (Phi) is 2.34. The highest BCUT2D eigenvalue weighted by Gasteiger charge is 2.39. The van der Waals surface area contributed by atoms with Crippen LogP contribution in [0.25, 0.3) is 0 Å². The minimum atomic E-state index is -0.509. The van der Waals surface area contributed by atoms with E-state index in [1.54, 1.807) is 0 Å². The van der Waals surface area contributed by atoms with Crippen LogP contribution < -0.4 is 5.32 Å². The van der Waals surface area contributed by atoms with Crippen molar-refractivity contribution in [1.29, 1.82) is 0 Å². The summed E-state index contributed by atoms with van der Waals surface area (Å²) in [6, 6.07) is 4.07. The lowest BCUT2D eigenvalue weighted by atomic mass is 9.95. The molecule has 2 aliphatic rings. The van der Waals surface area contributed by atoms with Crippen LogP contribution >= 0.6 is 0 Å². The van der Waals surface area contributed by atoms with Gasteiger partial charge in [0, 0.05) is 17.8 Å². The Morgan fingerprint density at radius 1 is 1.00 bits per heavy atom. The van der Waals surface area contributed by atoms with Crippen molar-refractivity contribution >= 4 is 5.69 Å². The third kappa shape index (κ3) is 1.79. The summed E-state index contributed by atoms with van der Waals surface area (Å²) in [7, 11) is 0. The monoisotopic (exact) mass is 223 g/mol. The summed E-state index contributed by atoms with van der Waals surface area (Å²) < 4.78 is 26.0. The van der Waals surface area contributed by atoms with Crippen LogP contribution in [0.2, 0.25) is 0 Å². The van der Waals surface area contributed by atoms with Gasteiger partial charge >= 0.3 is 0 Å². The lowest BCUT2D eigenvalue weighted by Gasteiger charge is -2.24. The molecule has 0 aromatic heterocycles. The Hall–Kier alpha value is -1.12. The summed E-state index contributed by atoms with van der Waals surface area (Å²) in [5.41, 5.74) is 0.579. The Morgan fingerprint density at radius 2 is 1.75 bits per heavy atom. The molecule has 0 heterocycles. The van der Waals surface area contributed by atoms with Gasteiger partial charge in [-0.1, -0.05) is 6.42 Å². The van der Waals surface area contributed by atoms with Gasteiger partial charge in [0.05, 0.1) is 0 Å². The van der Waals surface area contributed by atoms with Crippen molar-refractivity contribution in [2.75, 3.05) is 5.32 Å². The third-order valence-corrected chi connectivity index (χ3v) is 3.95. The van der Waals surface area contributed by atoms with Gasteiger partial charge < -0.3 is 5.32 Å². The molecule has 2 saturated carbocycles. The summed E-state index contributed by atoms with van der Waals surface area (Å²) in [6.07, 6.45) is 5.04. The van der Waals surface area contributed by atoms with Crippen LogP contribution in [0.15, 0.2) is 18.2 Å². The largest absolute Gasteiger partial charge is 0.382 e. The summed E-state index contributed by atoms with van der Waals surface area (Å²) in [5, 5.41) is 3.27. The highest BCUT2D eigenvalue weighted by molar-refractivity contribution is 5.45. The van der Waals surface area contributed by atoms with E-state index in [0.717, 1.165) is 18.4 Å². The number of fused-ring (bicyclic) bond motifs is 2. The van der Waals surface area contributed by atoms with Crippen molar-refractivity contribution in [2.45, 2.75) is 31.7 Å². The van der Waals surface area contributed by atoms with Crippen LogP contribution in [-0.2, 0) is 0 Å². The van der Waals surface area contributed by atoms with Gasteiger partial charge in [-0.25, -0.2) is 8.78 Å². The van der Waals surface area contributed by atoms with Crippen LogP contribution in [-0.4, -0.2) is 6.04 Å². The molecule has 2 bridgehead atoms. The smallest absolute Gasteiger partial charge is 0.128 e. The second kappa shape index (κ2) is 3.72. The number of hydrogen-bond acceptors (Lipinski definition) is 1. The SMILES string of the molecule is Fc1cc(F)cc(NC2CC3CCC2C3)c1. The fourth-order valence-electron chi connectivity index (χ4n) is 3.27. The normalized spacial score (nSPS) is 32.0. The number of anilines is 1. The van der Waals surface area contributed by atoms with Gasteiger partial charge in [-0.05, 0) is 43.2 Å². The summed E-state index contributed by atoms with van der Waals surface area (Å²) >= 11 is 0. The zero-order valence-electron chi connectivity index (χ0n) is 9.05. The predicted molar refractivity (Wildman–Crippen MR) is 59.2 cm³/mol. The van der Waals surface area contributed by atoms with E-state index in [1.807, 2.05) is 0 Å². The van der Waals surface area contributed by atoms with Gasteiger partial charge in [0.25, 0.3) is 0 Å². The quantitative estimate of drug-likeness (QED) is 0.808. The van der Waals surface area contributed by atoms with Crippen molar-refractivity contribution in [3.63, 3.8) is 0 Å². The van der Waals surface area contributed by atoms with E-state index in [4.69, 9.17) is 0 Å². The molecule has 3 rings (SSSR count). The first-order chi connectivity index (χ1) is 7.70. The highest BCUT2D eigenvalue weighted by Crippen LogP contribution is 2.45. The third-order valence-electron chi connectivity index (χ3n) is 3.95. The van der Waals surface area contributed by atoms with E-state index in [-0.39, 0.29) is 0 Å². The molecule has 2 fully saturated rings. The lowest BCUT2D eigenvalue weighted by Crippen LogP contribution is -2.25. The first-order valence-corrected chi connectivity index (χ1v) is 5.93. The van der Waals surface area contributed by atoms with Crippen LogP contribution in [0.4, 0.5) is 14.5 Å². The number of benzene rings is 1. The maximum Gasteiger partial charge on any atom is 0.128 e. The molecule has 16 heavy (non-hydrogen) atoms. The molecule has 1 nitrogen and oxygen atoms in total. The molecular formula is C13H15F2N. The average molecular weight is 223 g/mol. The van der Waals surface area contributed by atoms with Crippen molar-refractivity contribution in [3.05, 3.63) is 29.8 Å². The molecule has 0 radical (unpaired) electrons. The van der Waals surface area contributed by atoms with Crippen LogP contribution in [0.5, 0.6) is 0 Å². The molecule has 1 aromatic rings. The van der Waals surface area contributed by atoms with Crippen LogP contribution in [0, 0.1) is 23.5 Å². The average Bonchev–Trinajstić information content (AvgIpc) is 2.77. The van der Waals surface area contributed by atoms with Crippen molar-refractivity contribution in [3.8, 4) is 0 Å². The maximum atomic E-state index is 13.0. The number of hydrogen-bond donors (Lipinski definition) is 1. The molecule has 1 N–H and O–H groups in total. The zero-order valence-corrected chi connectivity index (χ0v) is 9.05. The number of nitrogens with one attached hydrogen (secondary N) is 1. The topological polar surface area (TPSA) is 12.0 Å². The van der Waals surface area contributed by atoms with Crippen molar-refractivity contribution in [2.24, 2.45) is 11.8 Å². The second-order valence-corrected chi connectivity index (χ2v) is 5.08. The van der Waals surface area contributed by atoms with Gasteiger partial charge in [-0.15, -0.1) is 0 Å². The minimum absolute atomic E-state index is 0.417. The maximum absolute atomic E-state index is 13.0. The fraction of sp³-hybridized carbons (Fsp3) is 0.538. The second-order valence-electron chi connectivity index (χ2n) is 5.08. The Morgan fingerprint density at radius 3 is 2.31 bits per heavy atom. The Bertz CT molecular complexity index is 385. The van der Waals surface area contributed by atoms with E-state index >= 15 is 0 Å². The van der Waals surface area contributed by atoms with E-state index in [9.17, 15) is 8.78 Å². The highest BCUT2D eigenvalue weighted by atomic mass is 19.1. The number of rotatable bonds is 2. The van der Waals surface area contributed by atoms with Gasteiger partial charge in [0.2, 0.25) is 0 Å². The number of halogens is 2. The molecule has 1 aromatic carbocycles. The van der Waals surface area contributed by atoms with Crippen LogP contribution in [0.1, 0.15) is 25.7 Å². The molecule has 0 saturated heterocycles. The molecule has 3 unspecified atom stereocenters. The lowest BCUT2D eigenvalue weighted by molar-refractivity contribution is 0.439. The van der Waals surface area contributed by atoms with E-state index in [1.165, 1.54) is 31.4 Å². The van der Waals surface area contributed by atoms with E-state index in [0.29, 0.717) is 17.6 Å². The summed E-state index contributed by atoms with van der Waals surface area (Å²) in [4.78, 5) is 0. The first kappa shape index (κ1) is 10.1. The molecule has 0 aliphatic heterocycles. The molecule has 86 valence electrons. The molecule has 0 spiro atoms. The molecular weight excluding hydrogens is 208 g/mol. The van der Waals surface area contributed by atoms with Gasteiger partial charge in [-0.2, -0.15) is 0 Å². The van der Waals surface area contributed by atoms with Gasteiger partial charge in [-0.3, -0.25) is 0 Å². The Balaban J connectivity index is 1.74. The molecule has 3 heteroatoms. The van der Waals surface area contributed by atoms with E-state index < -0.39 is 11.6 Å². The Labute approximate surface area is 93.9 Å². The summed E-state index contributed by atoms with van der Waals surface area (Å²) in [6.45, 7) is 0. The van der Waals surface area contributed by atoms with Crippen LogP contribution in [0.3, 0.4) is 0 Å². The standard InChI is InChI=1S/C13H15F2N/c14-10-5-11(15)7-12(6-10)16-13-4-8-1-2-9(13)3-8/h5-9,13,16H,1-4H2. The van der Waals surface area contributed by atoms with Gasteiger partial charge in [0.15, 0.2) is 0 Å². The minimum Gasteiger partial charge on any atom is -0.382 e. The fourth-order valence-corrected chi connectivity index (χ4v) is 3.27. The molecule has 2 aliphatic carbocycles. The molecule has 0 amide bonds. The molecule has 3 atom stereocenters. The predicted octanol–water partition coefficient (Wildman–Crippen LogP) is 3.57. The van der Waals surface area contributed by atoms with Crippen molar-refractivity contribution < 1.29 is 8.78 Å².